The molecule has 7 heteroatoms. The van der Waals surface area contributed by atoms with Gasteiger partial charge in [0.1, 0.15) is 0 Å². The summed E-state index contributed by atoms with van der Waals surface area (Å²) < 4.78 is 1.25. The van der Waals surface area contributed by atoms with Crippen LogP contribution in [-0.2, 0) is 65.0 Å². The summed E-state index contributed by atoms with van der Waals surface area (Å²) in [6, 6.07) is 45.4. The maximum atomic E-state index is 5.99. The van der Waals surface area contributed by atoms with Crippen molar-refractivity contribution in [2.45, 2.75) is 88.7 Å². The van der Waals surface area contributed by atoms with E-state index in [0.29, 0.717) is 23.5 Å². The number of allylic oxidation sites excluding steroid dienone is 4. The smallest absolute Gasteiger partial charge is 0.109 e. The van der Waals surface area contributed by atoms with E-state index in [-0.39, 0.29) is 35.6 Å². The SMILES string of the molecule is CC(C)(C)c1cc2c([c-]c1-c1ccccc1)Cc1cc(-c3ccccc3)c(C(C)(C)C)cc1-2.ClCc1cc(CCl)cc([C](=[Zr+2])c2cc(CCl)cc(CCl)c2)c1.[C-]1=CC=CC1.[Cl-].[Cl-]. The molecular formula is C55H52Cl6Zr-2. The molecule has 2 aliphatic rings. The van der Waals surface area contributed by atoms with Crippen LogP contribution in [0.2, 0.25) is 0 Å². The van der Waals surface area contributed by atoms with Crippen molar-refractivity contribution in [3.63, 3.8) is 0 Å². The summed E-state index contributed by atoms with van der Waals surface area (Å²) in [5.41, 5.74) is 20.2. The first-order valence-electron chi connectivity index (χ1n) is 20.4. The first-order chi connectivity index (χ1) is 28.7. The Morgan fingerprint density at radius 3 is 1.44 bits per heavy atom. The van der Waals surface area contributed by atoms with Crippen LogP contribution in [0.3, 0.4) is 0 Å². The zero-order valence-electron chi connectivity index (χ0n) is 36.2. The van der Waals surface area contributed by atoms with Crippen molar-refractivity contribution in [1.29, 1.82) is 0 Å². The number of alkyl halides is 4. The fourth-order valence-corrected chi connectivity index (χ4v) is 9.06. The van der Waals surface area contributed by atoms with Gasteiger partial charge in [-0.2, -0.15) is 6.08 Å². The molecule has 62 heavy (non-hydrogen) atoms. The molecule has 0 atom stereocenters. The Morgan fingerprint density at radius 1 is 0.565 bits per heavy atom. The standard InChI is InChI=1S/C33H33.C17H14Cl4.C5H5.2ClH.Zr/c1-32(2,3)30-20-26-24(18-28(30)22-13-9-7-10-14-22)17-25-19-29(23-15-11-8-12-16-23)31(21-27(25)26)33(4,5)6;18-8-14-2-12(3-15(6-14)9-19)1-13-4-16(10-20)7-17(5-13)11-21;1-2-4-5-3-1;;;/h7-16,18,20-21H,17H2,1-6H3;2-7H,8-11H2;1-3H,4H2;2*1H;/q-1;;-1;;;+2/p-2. The minimum atomic E-state index is 0. The van der Waals surface area contributed by atoms with E-state index in [4.69, 9.17) is 46.4 Å². The van der Waals surface area contributed by atoms with Gasteiger partial charge in [-0.15, -0.1) is 35.2 Å². The topological polar surface area (TPSA) is 0 Å². The van der Waals surface area contributed by atoms with E-state index in [1.807, 2.05) is 24.3 Å². The summed E-state index contributed by atoms with van der Waals surface area (Å²) in [6.45, 7) is 13.9. The Morgan fingerprint density at radius 2 is 1.03 bits per heavy atom. The van der Waals surface area contributed by atoms with Crippen molar-refractivity contribution in [2.75, 3.05) is 0 Å². The Hall–Kier alpha value is -2.71. The number of rotatable bonds is 8. The predicted octanol–water partition coefficient (Wildman–Crippen LogP) is 10.1. The molecule has 6 aromatic carbocycles. The van der Waals surface area contributed by atoms with Crippen molar-refractivity contribution in [1.82, 2.24) is 0 Å². The molecule has 0 unspecified atom stereocenters. The van der Waals surface area contributed by atoms with Crippen LogP contribution in [0.15, 0.2) is 133 Å². The Bertz CT molecular complexity index is 2290. The third kappa shape index (κ3) is 13.0. The zero-order valence-corrected chi connectivity index (χ0v) is 43.2. The van der Waals surface area contributed by atoms with Gasteiger partial charge in [-0.1, -0.05) is 131 Å². The molecule has 0 amide bonds. The summed E-state index contributed by atoms with van der Waals surface area (Å²) >= 11 is 25.3. The summed E-state index contributed by atoms with van der Waals surface area (Å²) in [6.07, 6.45) is 10.9. The molecule has 0 spiro atoms. The van der Waals surface area contributed by atoms with E-state index in [1.54, 1.807) is 0 Å². The fourth-order valence-electron chi connectivity index (χ4n) is 7.73. The van der Waals surface area contributed by atoms with Crippen LogP contribution >= 0.6 is 46.4 Å². The van der Waals surface area contributed by atoms with Gasteiger partial charge in [0.2, 0.25) is 0 Å². The van der Waals surface area contributed by atoms with Gasteiger partial charge in [-0.25, -0.2) is 12.2 Å². The van der Waals surface area contributed by atoms with Crippen molar-refractivity contribution < 1.29 is 49.0 Å². The summed E-state index contributed by atoms with van der Waals surface area (Å²) in [4.78, 5) is 0. The van der Waals surface area contributed by atoms with Crippen molar-refractivity contribution in [3.05, 3.63) is 201 Å². The Balaban J connectivity index is 0.000000252. The maximum Gasteiger partial charge on any atom is -0.109 e. The van der Waals surface area contributed by atoms with Gasteiger partial charge in [0.15, 0.2) is 0 Å². The second-order valence-electron chi connectivity index (χ2n) is 17.4. The number of fused-ring (bicyclic) bond motifs is 3. The minimum Gasteiger partial charge on any atom is -1.00 e. The average molecular weight is 1020 g/mol. The number of hydrogen-bond acceptors (Lipinski definition) is 0. The molecule has 2 aliphatic carbocycles. The third-order valence-electron chi connectivity index (χ3n) is 10.7. The quantitative estimate of drug-likeness (QED) is 0.105. The van der Waals surface area contributed by atoms with Gasteiger partial charge in [0, 0.05) is 0 Å². The predicted molar refractivity (Wildman–Crippen MR) is 258 cm³/mol. The molecule has 0 radical (unpaired) electrons. The van der Waals surface area contributed by atoms with E-state index in [2.05, 4.69) is 163 Å². The van der Waals surface area contributed by atoms with Crippen LogP contribution in [0.4, 0.5) is 0 Å². The zero-order chi connectivity index (χ0) is 43.0. The van der Waals surface area contributed by atoms with Gasteiger partial charge in [-0.3, -0.25) is 6.08 Å². The molecule has 0 saturated carbocycles. The summed E-state index contributed by atoms with van der Waals surface area (Å²) in [7, 11) is 0. The molecule has 0 aromatic heterocycles. The largest absolute Gasteiger partial charge is 1.00 e. The van der Waals surface area contributed by atoms with E-state index in [9.17, 15) is 0 Å². The molecule has 0 bridgehead atoms. The number of hydrogen-bond donors (Lipinski definition) is 0. The van der Waals surface area contributed by atoms with Crippen molar-refractivity contribution >= 4 is 49.6 Å². The Labute approximate surface area is 418 Å². The van der Waals surface area contributed by atoms with Crippen LogP contribution in [0.1, 0.15) is 104 Å². The molecule has 0 fully saturated rings. The molecule has 0 aliphatic heterocycles. The second-order valence-corrected chi connectivity index (χ2v) is 19.7. The van der Waals surface area contributed by atoms with E-state index in [1.165, 1.54) is 94.2 Å². The van der Waals surface area contributed by atoms with Gasteiger partial charge in [0.25, 0.3) is 0 Å². The number of benzene rings is 6. The molecule has 0 heterocycles. The van der Waals surface area contributed by atoms with Gasteiger partial charge in [-0.05, 0) is 39.5 Å². The van der Waals surface area contributed by atoms with E-state index in [0.717, 1.165) is 35.1 Å². The van der Waals surface area contributed by atoms with Gasteiger partial charge in [0.05, 0.1) is 0 Å². The third-order valence-corrected chi connectivity index (χ3v) is 13.4. The van der Waals surface area contributed by atoms with Crippen LogP contribution < -0.4 is 24.8 Å². The molecule has 0 nitrogen and oxygen atoms in total. The molecule has 320 valence electrons. The molecular weight excluding hydrogens is 965 g/mol. The van der Waals surface area contributed by atoms with Crippen LogP contribution in [0, 0.1) is 12.1 Å². The minimum absolute atomic E-state index is 0. The maximum absolute atomic E-state index is 5.99. The van der Waals surface area contributed by atoms with Crippen LogP contribution in [0.5, 0.6) is 0 Å². The fraction of sp³-hybridized carbons (Fsp3) is 0.255. The Kier molecular flexibility index (Phi) is 19.7. The van der Waals surface area contributed by atoms with E-state index >= 15 is 0 Å². The average Bonchev–Trinajstić information content (AvgIpc) is 3.97. The van der Waals surface area contributed by atoms with Gasteiger partial charge >= 0.3 is 167 Å². The molecule has 6 aromatic rings. The first kappa shape index (κ1) is 51.9. The summed E-state index contributed by atoms with van der Waals surface area (Å²) in [5, 5.41) is 0. The summed E-state index contributed by atoms with van der Waals surface area (Å²) in [5.74, 6) is 1.93. The molecule has 8 rings (SSSR count). The molecule has 0 N–H and O–H groups in total. The van der Waals surface area contributed by atoms with Gasteiger partial charge < -0.3 is 24.8 Å². The van der Waals surface area contributed by atoms with Crippen molar-refractivity contribution in [3.8, 4) is 33.4 Å². The normalized spacial score (nSPS) is 12.2. The van der Waals surface area contributed by atoms with Crippen molar-refractivity contribution in [2.24, 2.45) is 0 Å². The molecule has 0 saturated heterocycles. The first-order valence-corrected chi connectivity index (χ1v) is 23.8. The number of halogens is 6. The van der Waals surface area contributed by atoms with Crippen LogP contribution in [-0.4, -0.2) is 3.21 Å². The van der Waals surface area contributed by atoms with Crippen LogP contribution in [0.25, 0.3) is 33.4 Å². The monoisotopic (exact) mass is 1010 g/mol. The second kappa shape index (κ2) is 23.5. The van der Waals surface area contributed by atoms with E-state index < -0.39 is 0 Å².